The molecule has 2 aromatic carbocycles. The summed E-state index contributed by atoms with van der Waals surface area (Å²) in [6, 6.07) is 14.3. The zero-order valence-corrected chi connectivity index (χ0v) is 23.1. The van der Waals surface area contributed by atoms with Crippen molar-refractivity contribution in [2.45, 2.75) is 44.2 Å². The molecule has 39 heavy (non-hydrogen) atoms. The van der Waals surface area contributed by atoms with Crippen LogP contribution in [0.5, 0.6) is 11.5 Å². The minimum atomic E-state index is -1.29. The zero-order valence-electron chi connectivity index (χ0n) is 22.2. The van der Waals surface area contributed by atoms with Gasteiger partial charge in [0.25, 0.3) is 0 Å². The molecule has 1 amide bonds. The highest BCUT2D eigenvalue weighted by molar-refractivity contribution is 7.12. The molecule has 1 fully saturated rings. The van der Waals surface area contributed by atoms with Crippen molar-refractivity contribution in [3.8, 4) is 11.5 Å². The SMILES string of the molecule is COCC(=O)N1C(C(=O)O)C(c2ccc(C(C)(C)C)cc2)C(C(=O)c2cccs2)C1c1ccc2c(c1)OCO2. The molecule has 2 aliphatic heterocycles. The Bertz CT molecular complexity index is 1380. The smallest absolute Gasteiger partial charge is 0.327 e. The molecule has 3 aromatic rings. The Morgan fingerprint density at radius 1 is 1.03 bits per heavy atom. The quantitative estimate of drug-likeness (QED) is 0.412. The van der Waals surface area contributed by atoms with Crippen LogP contribution >= 0.6 is 11.3 Å². The molecule has 1 saturated heterocycles. The molecule has 3 heterocycles. The summed E-state index contributed by atoms with van der Waals surface area (Å²) in [5.74, 6) is -2.54. The number of carboxylic acids is 1. The van der Waals surface area contributed by atoms with Crippen molar-refractivity contribution in [2.24, 2.45) is 5.92 Å². The van der Waals surface area contributed by atoms with Crippen LogP contribution in [0.3, 0.4) is 0 Å². The van der Waals surface area contributed by atoms with Crippen molar-refractivity contribution < 1.29 is 33.7 Å². The van der Waals surface area contributed by atoms with Gasteiger partial charge in [-0.1, -0.05) is 57.2 Å². The number of thiophene rings is 1. The molecule has 5 rings (SSSR count). The summed E-state index contributed by atoms with van der Waals surface area (Å²) in [6.45, 7) is 6.04. The summed E-state index contributed by atoms with van der Waals surface area (Å²) in [5.41, 5.74) is 2.25. The van der Waals surface area contributed by atoms with Gasteiger partial charge in [-0.2, -0.15) is 0 Å². The molecule has 0 saturated carbocycles. The van der Waals surface area contributed by atoms with Crippen molar-refractivity contribution in [1.82, 2.24) is 4.90 Å². The third kappa shape index (κ3) is 4.92. The lowest BCUT2D eigenvalue weighted by molar-refractivity contribution is -0.151. The number of amides is 1. The number of carbonyl (C=O) groups is 3. The van der Waals surface area contributed by atoms with Crippen LogP contribution in [0, 0.1) is 5.92 Å². The van der Waals surface area contributed by atoms with E-state index in [1.165, 1.54) is 23.3 Å². The van der Waals surface area contributed by atoms with Crippen LogP contribution in [-0.4, -0.2) is 54.2 Å². The van der Waals surface area contributed by atoms with Crippen molar-refractivity contribution in [1.29, 1.82) is 0 Å². The number of hydrogen-bond acceptors (Lipinski definition) is 7. The van der Waals surface area contributed by atoms with Crippen molar-refractivity contribution in [2.75, 3.05) is 20.5 Å². The number of methoxy groups -OCH3 is 1. The van der Waals surface area contributed by atoms with Crippen molar-refractivity contribution in [3.63, 3.8) is 0 Å². The second-order valence-electron chi connectivity index (χ2n) is 10.8. The van der Waals surface area contributed by atoms with Gasteiger partial charge in [-0.25, -0.2) is 4.79 Å². The molecule has 4 unspecified atom stereocenters. The fourth-order valence-corrected chi connectivity index (χ4v) is 6.36. The first-order valence-electron chi connectivity index (χ1n) is 12.7. The minimum absolute atomic E-state index is 0.0633. The van der Waals surface area contributed by atoms with Gasteiger partial charge in [-0.15, -0.1) is 11.3 Å². The predicted octanol–water partition coefficient (Wildman–Crippen LogP) is 5.04. The number of hydrogen-bond donors (Lipinski definition) is 1. The number of aliphatic carboxylic acids is 1. The van der Waals surface area contributed by atoms with E-state index in [1.807, 2.05) is 29.6 Å². The summed E-state index contributed by atoms with van der Waals surface area (Å²) in [5, 5.41) is 12.4. The Balaban J connectivity index is 1.72. The molecule has 0 aliphatic carbocycles. The molecule has 0 spiro atoms. The number of ether oxygens (including phenoxy) is 3. The molecule has 204 valence electrons. The van der Waals surface area contributed by atoms with Crippen LogP contribution < -0.4 is 9.47 Å². The van der Waals surface area contributed by atoms with Crippen LogP contribution in [0.1, 0.15) is 59.1 Å². The lowest BCUT2D eigenvalue weighted by Gasteiger charge is -2.30. The highest BCUT2D eigenvalue weighted by atomic mass is 32.1. The van der Waals surface area contributed by atoms with E-state index in [4.69, 9.17) is 14.2 Å². The first-order chi connectivity index (χ1) is 18.6. The summed E-state index contributed by atoms with van der Waals surface area (Å²) >= 11 is 1.30. The lowest BCUT2D eigenvalue weighted by Crippen LogP contribution is -2.45. The van der Waals surface area contributed by atoms with Gasteiger partial charge < -0.3 is 24.2 Å². The van der Waals surface area contributed by atoms with Crippen LogP contribution in [0.25, 0.3) is 0 Å². The summed E-state index contributed by atoms with van der Waals surface area (Å²) < 4.78 is 16.2. The number of rotatable bonds is 7. The van der Waals surface area contributed by atoms with Gasteiger partial charge in [-0.3, -0.25) is 9.59 Å². The van der Waals surface area contributed by atoms with Crippen LogP contribution in [-0.2, 0) is 19.7 Å². The van der Waals surface area contributed by atoms with Gasteiger partial charge in [0.05, 0.1) is 16.8 Å². The number of carbonyl (C=O) groups excluding carboxylic acids is 2. The molecule has 4 atom stereocenters. The van der Waals surface area contributed by atoms with E-state index in [-0.39, 0.29) is 24.6 Å². The van der Waals surface area contributed by atoms with Crippen LogP contribution in [0.15, 0.2) is 60.0 Å². The fraction of sp³-hybridized carbons (Fsp3) is 0.367. The second kappa shape index (κ2) is 10.5. The van der Waals surface area contributed by atoms with E-state index in [0.717, 1.165) is 5.56 Å². The maximum Gasteiger partial charge on any atom is 0.327 e. The van der Waals surface area contributed by atoms with Crippen molar-refractivity contribution in [3.05, 3.63) is 81.5 Å². The fourth-order valence-electron chi connectivity index (χ4n) is 5.64. The van der Waals surface area contributed by atoms with E-state index in [1.54, 1.807) is 30.3 Å². The Hall–Kier alpha value is -3.69. The first kappa shape index (κ1) is 26.9. The van der Waals surface area contributed by atoms with E-state index in [0.29, 0.717) is 27.5 Å². The summed E-state index contributed by atoms with van der Waals surface area (Å²) in [6.07, 6.45) is 0. The number of fused-ring (bicyclic) bond motifs is 1. The number of carboxylic acid groups (broad SMARTS) is 1. The van der Waals surface area contributed by atoms with E-state index in [2.05, 4.69) is 20.8 Å². The van der Waals surface area contributed by atoms with Crippen LogP contribution in [0.4, 0.5) is 0 Å². The number of Topliss-reactive ketones (excluding diaryl/α,β-unsaturated/α-hetero) is 1. The molecule has 8 nitrogen and oxygen atoms in total. The molecule has 2 aliphatic rings. The van der Waals surface area contributed by atoms with E-state index >= 15 is 0 Å². The highest BCUT2D eigenvalue weighted by Gasteiger charge is 2.57. The minimum Gasteiger partial charge on any atom is -0.480 e. The topological polar surface area (TPSA) is 102 Å². The molecular formula is C30H31NO7S. The van der Waals surface area contributed by atoms with Gasteiger partial charge in [0.1, 0.15) is 12.6 Å². The maximum absolute atomic E-state index is 14.2. The normalized spacial score (nSPS) is 22.2. The Labute approximate surface area is 231 Å². The number of nitrogens with zero attached hydrogens (tertiary/aromatic N) is 1. The molecule has 9 heteroatoms. The third-order valence-electron chi connectivity index (χ3n) is 7.44. The molecule has 1 N–H and O–H groups in total. The standard InChI is InChI=1S/C30H31NO7S/c1-30(2,3)19-10-7-17(8-11-19)24-25(28(33)22-6-5-13-39-22)26(18-9-12-20-21(14-18)38-16-37-20)31(23(32)15-36-4)27(24)29(34)35/h5-14,24-27H,15-16H2,1-4H3,(H,34,35). The summed E-state index contributed by atoms with van der Waals surface area (Å²) in [7, 11) is 1.39. The molecule has 0 radical (unpaired) electrons. The van der Waals surface area contributed by atoms with E-state index in [9.17, 15) is 19.5 Å². The zero-order chi connectivity index (χ0) is 27.9. The summed E-state index contributed by atoms with van der Waals surface area (Å²) in [4.78, 5) is 42.6. The first-order valence-corrected chi connectivity index (χ1v) is 13.6. The maximum atomic E-state index is 14.2. The van der Waals surface area contributed by atoms with Crippen molar-refractivity contribution >= 4 is 29.0 Å². The van der Waals surface area contributed by atoms with Gasteiger partial charge in [0.2, 0.25) is 12.7 Å². The monoisotopic (exact) mass is 549 g/mol. The van der Waals surface area contributed by atoms with Gasteiger partial charge in [0, 0.05) is 13.0 Å². The molecule has 0 bridgehead atoms. The number of benzene rings is 2. The van der Waals surface area contributed by atoms with E-state index < -0.39 is 35.8 Å². The Kier molecular flexibility index (Phi) is 7.22. The highest BCUT2D eigenvalue weighted by Crippen LogP contribution is 2.52. The van der Waals surface area contributed by atoms with Gasteiger partial charge in [0.15, 0.2) is 17.3 Å². The lowest BCUT2D eigenvalue weighted by atomic mass is 9.76. The predicted molar refractivity (Wildman–Crippen MR) is 145 cm³/mol. The van der Waals surface area contributed by atoms with Gasteiger partial charge in [-0.05, 0) is 45.7 Å². The second-order valence-corrected chi connectivity index (χ2v) is 11.8. The largest absolute Gasteiger partial charge is 0.480 e. The number of likely N-dealkylation sites (tertiary alicyclic amines) is 1. The van der Waals surface area contributed by atoms with Crippen LogP contribution in [0.2, 0.25) is 0 Å². The Morgan fingerprint density at radius 3 is 2.33 bits per heavy atom. The molecule has 1 aromatic heterocycles. The van der Waals surface area contributed by atoms with Gasteiger partial charge >= 0.3 is 5.97 Å². The third-order valence-corrected chi connectivity index (χ3v) is 8.33. The average Bonchev–Trinajstić information content (AvgIpc) is 3.66. The molecular weight excluding hydrogens is 518 g/mol. The number of ketones is 1. The Morgan fingerprint density at radius 2 is 1.72 bits per heavy atom. The average molecular weight is 550 g/mol.